The second kappa shape index (κ2) is 10.0. The van der Waals surface area contributed by atoms with Crippen molar-refractivity contribution < 1.29 is 14.4 Å². The van der Waals surface area contributed by atoms with Gasteiger partial charge in [-0.2, -0.15) is 4.57 Å². The highest BCUT2D eigenvalue weighted by atomic mass is 32.1. The Hall–Kier alpha value is -3.18. The molecule has 0 radical (unpaired) electrons. The number of ether oxygens (including phenoxy) is 1. The van der Waals surface area contributed by atoms with Crippen molar-refractivity contribution in [2.24, 2.45) is 0 Å². The number of aryl methyl sites for hydroxylation is 2. The van der Waals surface area contributed by atoms with Crippen molar-refractivity contribution in [3.05, 3.63) is 89.7 Å². The van der Waals surface area contributed by atoms with E-state index in [9.17, 15) is 5.11 Å². The summed E-state index contributed by atoms with van der Waals surface area (Å²) < 4.78 is 7.55. The lowest BCUT2D eigenvalue weighted by atomic mass is 10.1. The molecule has 4 nitrogen and oxygen atoms in total. The normalized spacial score (nSPS) is 11.6. The molecule has 1 aromatic heterocycles. The first-order valence-corrected chi connectivity index (χ1v) is 10.5. The van der Waals surface area contributed by atoms with E-state index in [0.717, 1.165) is 17.7 Å². The lowest BCUT2D eigenvalue weighted by Crippen LogP contribution is -2.38. The van der Waals surface area contributed by atoms with E-state index in [2.05, 4.69) is 12.2 Å². The fourth-order valence-corrected chi connectivity index (χ4v) is 3.46. The summed E-state index contributed by atoms with van der Waals surface area (Å²) in [4.78, 5) is 0.398. The number of hydrogen-bond donors (Lipinski definition) is 2. The third-order valence-corrected chi connectivity index (χ3v) is 5.01. The average Bonchev–Trinajstić information content (AvgIpc) is 2.75. The van der Waals surface area contributed by atoms with Crippen LogP contribution < -0.4 is 14.6 Å². The molecule has 0 aliphatic rings. The molecule has 0 aliphatic carbocycles. The van der Waals surface area contributed by atoms with Crippen molar-refractivity contribution in [3.8, 4) is 5.75 Å². The van der Waals surface area contributed by atoms with Gasteiger partial charge in [-0.15, -0.1) is 0 Å². The van der Waals surface area contributed by atoms with Crippen LogP contribution in [0.4, 0.5) is 5.69 Å². The van der Waals surface area contributed by atoms with E-state index in [0.29, 0.717) is 28.6 Å². The predicted molar refractivity (Wildman–Crippen MR) is 127 cm³/mol. The minimum atomic E-state index is 0.111. The molecule has 0 saturated heterocycles. The molecule has 0 atom stereocenters. The number of benzene rings is 2. The maximum absolute atomic E-state index is 11.2. The topological polar surface area (TPSA) is 45.4 Å². The number of aliphatic hydroxyl groups is 1. The lowest BCUT2D eigenvalue weighted by Gasteiger charge is -2.14. The molecule has 30 heavy (non-hydrogen) atoms. The second-order valence-electron chi connectivity index (χ2n) is 6.92. The van der Waals surface area contributed by atoms with Gasteiger partial charge in [-0.1, -0.05) is 55.5 Å². The monoisotopic (exact) mass is 419 g/mol. The second-order valence-corrected chi connectivity index (χ2v) is 7.33. The fourth-order valence-electron chi connectivity index (χ4n) is 3.15. The molecule has 0 spiro atoms. The number of aliphatic hydroxyl groups excluding tert-OH is 1. The molecule has 0 bridgehead atoms. The molecule has 154 valence electrons. The Balaban J connectivity index is 2.06. The van der Waals surface area contributed by atoms with Gasteiger partial charge in [-0.25, -0.2) is 0 Å². The zero-order chi connectivity index (χ0) is 21.5. The Bertz CT molecular complexity index is 1060. The third-order valence-electron chi connectivity index (χ3n) is 4.72. The SMILES string of the molecule is CCOc1ccccc1NC(=S)/C(=C(\O)c1ccc(CC)cc1)[n+]1cccc(C)c1. The van der Waals surface area contributed by atoms with Crippen LogP contribution in [0.2, 0.25) is 0 Å². The molecule has 3 aromatic rings. The summed E-state index contributed by atoms with van der Waals surface area (Å²) in [5, 5.41) is 14.5. The number of pyridine rings is 1. The van der Waals surface area contributed by atoms with Crippen LogP contribution in [-0.2, 0) is 6.42 Å². The van der Waals surface area contributed by atoms with Crippen molar-refractivity contribution in [2.45, 2.75) is 27.2 Å². The van der Waals surface area contributed by atoms with E-state index in [1.165, 1.54) is 5.56 Å². The summed E-state index contributed by atoms with van der Waals surface area (Å²) in [6.45, 7) is 6.60. The van der Waals surface area contributed by atoms with Gasteiger partial charge in [0.05, 0.1) is 12.3 Å². The van der Waals surface area contributed by atoms with Crippen molar-refractivity contribution in [2.75, 3.05) is 11.9 Å². The highest BCUT2D eigenvalue weighted by Gasteiger charge is 2.24. The molecule has 1 heterocycles. The van der Waals surface area contributed by atoms with Crippen molar-refractivity contribution >= 4 is 34.3 Å². The van der Waals surface area contributed by atoms with Gasteiger partial charge in [-0.05, 0) is 44.0 Å². The van der Waals surface area contributed by atoms with E-state index in [4.69, 9.17) is 17.0 Å². The van der Waals surface area contributed by atoms with Crippen LogP contribution in [0.3, 0.4) is 0 Å². The first-order valence-electron chi connectivity index (χ1n) is 10.1. The highest BCUT2D eigenvalue weighted by Crippen LogP contribution is 2.26. The molecule has 0 saturated carbocycles. The molecule has 0 aliphatic heterocycles. The Morgan fingerprint density at radius 2 is 1.77 bits per heavy atom. The number of nitrogens with one attached hydrogen (secondary N) is 1. The fraction of sp³-hybridized carbons (Fsp3) is 0.200. The van der Waals surface area contributed by atoms with Crippen LogP contribution in [-0.4, -0.2) is 16.7 Å². The molecule has 3 rings (SSSR count). The van der Waals surface area contributed by atoms with E-state index in [-0.39, 0.29) is 5.76 Å². The van der Waals surface area contributed by atoms with Crippen molar-refractivity contribution in [1.29, 1.82) is 0 Å². The number of rotatable bonds is 7. The first kappa shape index (κ1) is 21.5. The maximum Gasteiger partial charge on any atom is 0.288 e. The van der Waals surface area contributed by atoms with Gasteiger partial charge in [0.1, 0.15) is 5.75 Å². The van der Waals surface area contributed by atoms with Crippen molar-refractivity contribution in [3.63, 3.8) is 0 Å². The van der Waals surface area contributed by atoms with Crippen LogP contribution in [0, 0.1) is 6.92 Å². The number of para-hydroxylation sites is 2. The van der Waals surface area contributed by atoms with Gasteiger partial charge >= 0.3 is 0 Å². The zero-order valence-corrected chi connectivity index (χ0v) is 18.4. The summed E-state index contributed by atoms with van der Waals surface area (Å²) in [6.07, 6.45) is 4.76. The molecule has 2 aromatic carbocycles. The molecule has 0 unspecified atom stereocenters. The van der Waals surface area contributed by atoms with E-state index >= 15 is 0 Å². The highest BCUT2D eigenvalue weighted by molar-refractivity contribution is 7.81. The van der Waals surface area contributed by atoms with Gasteiger partial charge in [0, 0.05) is 17.2 Å². The zero-order valence-electron chi connectivity index (χ0n) is 17.6. The van der Waals surface area contributed by atoms with Crippen LogP contribution in [0.25, 0.3) is 11.5 Å². The molecule has 0 amide bonds. The third kappa shape index (κ3) is 5.05. The number of anilines is 1. The van der Waals surface area contributed by atoms with Crippen LogP contribution in [0.5, 0.6) is 5.75 Å². The van der Waals surface area contributed by atoms with Gasteiger partial charge in [-0.3, -0.25) is 0 Å². The largest absolute Gasteiger partial charge is 0.502 e. The smallest absolute Gasteiger partial charge is 0.288 e. The Morgan fingerprint density at radius 1 is 1.03 bits per heavy atom. The van der Waals surface area contributed by atoms with Gasteiger partial charge in [0.25, 0.3) is 5.70 Å². The quantitative estimate of drug-likeness (QED) is 0.228. The summed E-state index contributed by atoms with van der Waals surface area (Å²) in [7, 11) is 0. The molecular weight excluding hydrogens is 392 g/mol. The number of aromatic nitrogens is 1. The van der Waals surface area contributed by atoms with Gasteiger partial charge < -0.3 is 15.2 Å². The molecule has 5 heteroatoms. The standard InChI is InChI=1S/C25H26N2O2S/c1-4-19-12-14-20(15-13-19)24(28)23(27-16-8-9-18(3)17-27)25(30)26-21-10-6-7-11-22(21)29-5-2/h6-17H,4-5H2,1-3H3,(H-,26,28,30)/p+1. The summed E-state index contributed by atoms with van der Waals surface area (Å²) in [6, 6.07) is 19.4. The van der Waals surface area contributed by atoms with Crippen LogP contribution >= 0.6 is 12.2 Å². The number of thiocarbonyl (C=S) groups is 1. The molecular formula is C25H27N2O2S+. The van der Waals surface area contributed by atoms with E-state index < -0.39 is 0 Å². The number of hydrogen-bond acceptors (Lipinski definition) is 3. The predicted octanol–water partition coefficient (Wildman–Crippen LogP) is 5.57. The van der Waals surface area contributed by atoms with Gasteiger partial charge in [0.2, 0.25) is 0 Å². The Kier molecular flexibility index (Phi) is 7.20. The Labute approximate surface area is 183 Å². The van der Waals surface area contributed by atoms with E-state index in [1.54, 1.807) is 0 Å². The summed E-state index contributed by atoms with van der Waals surface area (Å²) in [5.41, 5.74) is 4.23. The Morgan fingerprint density at radius 3 is 2.43 bits per heavy atom. The maximum atomic E-state index is 11.2. The van der Waals surface area contributed by atoms with Crippen LogP contribution in [0.1, 0.15) is 30.5 Å². The minimum absolute atomic E-state index is 0.111. The molecule has 2 N–H and O–H groups in total. The van der Waals surface area contributed by atoms with Crippen LogP contribution in [0.15, 0.2) is 73.1 Å². The van der Waals surface area contributed by atoms with Crippen molar-refractivity contribution in [1.82, 2.24) is 0 Å². The molecule has 0 fully saturated rings. The van der Waals surface area contributed by atoms with Gasteiger partial charge in [0.15, 0.2) is 23.1 Å². The summed E-state index contributed by atoms with van der Waals surface area (Å²) >= 11 is 5.75. The lowest BCUT2D eigenvalue weighted by molar-refractivity contribution is -0.576. The summed E-state index contributed by atoms with van der Waals surface area (Å²) in [5.74, 6) is 0.822. The number of nitrogens with zero attached hydrogens (tertiary/aromatic N) is 1. The average molecular weight is 420 g/mol. The first-order chi connectivity index (χ1) is 14.5. The van der Waals surface area contributed by atoms with E-state index in [1.807, 2.05) is 91.5 Å². The minimum Gasteiger partial charge on any atom is -0.502 e.